The Labute approximate surface area is 142 Å². The minimum absolute atomic E-state index is 0.0777. The van der Waals surface area contributed by atoms with Gasteiger partial charge in [-0.1, -0.05) is 12.1 Å². The molecule has 0 atom stereocenters. The highest BCUT2D eigenvalue weighted by atomic mass is 79.9. The van der Waals surface area contributed by atoms with Gasteiger partial charge in [-0.15, -0.1) is 0 Å². The second kappa shape index (κ2) is 7.82. The minimum atomic E-state index is -0.339. The van der Waals surface area contributed by atoms with Crippen molar-refractivity contribution in [2.75, 3.05) is 25.5 Å². The zero-order valence-electron chi connectivity index (χ0n) is 12.8. The van der Waals surface area contributed by atoms with Crippen LogP contribution >= 0.6 is 15.9 Å². The number of nitrogens with one attached hydrogen (secondary N) is 1. The van der Waals surface area contributed by atoms with E-state index < -0.39 is 0 Å². The molecular formula is C16H17BrN2O4. The Kier molecular flexibility index (Phi) is 5.81. The fraction of sp³-hybridized carbons (Fsp3) is 0.250. The molecule has 6 nitrogen and oxygen atoms in total. The van der Waals surface area contributed by atoms with Crippen molar-refractivity contribution in [3.05, 3.63) is 46.8 Å². The number of carbonyl (C=O) groups is 2. The summed E-state index contributed by atoms with van der Waals surface area (Å²) in [5, 5.41) is 2.74. The van der Waals surface area contributed by atoms with Crippen LogP contribution in [0.15, 0.2) is 45.5 Å². The maximum Gasteiger partial charge on any atom is 0.290 e. The number of hydrogen-bond acceptors (Lipinski definition) is 4. The molecule has 1 aromatic carbocycles. The summed E-state index contributed by atoms with van der Waals surface area (Å²) in [6, 6.07) is 10.3. The lowest BCUT2D eigenvalue weighted by atomic mass is 10.3. The molecule has 1 heterocycles. The average Bonchev–Trinajstić information content (AvgIpc) is 2.99. The van der Waals surface area contributed by atoms with Gasteiger partial charge >= 0.3 is 0 Å². The summed E-state index contributed by atoms with van der Waals surface area (Å²) >= 11 is 3.15. The van der Waals surface area contributed by atoms with Crippen molar-refractivity contribution >= 4 is 33.4 Å². The van der Waals surface area contributed by atoms with E-state index >= 15 is 0 Å². The Morgan fingerprint density at radius 2 is 2.00 bits per heavy atom. The lowest BCUT2D eigenvalue weighted by Gasteiger charge is -2.19. The second-order valence-corrected chi connectivity index (χ2v) is 5.45. The van der Waals surface area contributed by atoms with Gasteiger partial charge in [0.25, 0.3) is 5.91 Å². The van der Waals surface area contributed by atoms with Gasteiger partial charge in [-0.05, 0) is 47.1 Å². The zero-order valence-corrected chi connectivity index (χ0v) is 14.4. The van der Waals surface area contributed by atoms with E-state index in [4.69, 9.17) is 9.15 Å². The van der Waals surface area contributed by atoms with Crippen molar-refractivity contribution in [3.63, 3.8) is 0 Å². The van der Waals surface area contributed by atoms with E-state index in [1.807, 2.05) is 6.07 Å². The van der Waals surface area contributed by atoms with Crippen molar-refractivity contribution in [1.29, 1.82) is 0 Å². The number of methoxy groups -OCH3 is 1. The Hall–Kier alpha value is -2.28. The fourth-order valence-corrected chi connectivity index (χ4v) is 2.33. The van der Waals surface area contributed by atoms with E-state index in [-0.39, 0.29) is 24.1 Å². The van der Waals surface area contributed by atoms with Gasteiger partial charge in [-0.25, -0.2) is 0 Å². The summed E-state index contributed by atoms with van der Waals surface area (Å²) in [6.07, 6.45) is 0. The predicted octanol–water partition coefficient (Wildman–Crippen LogP) is 3.15. The van der Waals surface area contributed by atoms with Crippen LogP contribution in [0.4, 0.5) is 5.69 Å². The molecule has 23 heavy (non-hydrogen) atoms. The summed E-state index contributed by atoms with van der Waals surface area (Å²) in [4.78, 5) is 25.9. The van der Waals surface area contributed by atoms with E-state index in [2.05, 4.69) is 21.2 Å². The summed E-state index contributed by atoms with van der Waals surface area (Å²) < 4.78 is 10.9. The topological polar surface area (TPSA) is 71.8 Å². The maximum absolute atomic E-state index is 12.3. The van der Waals surface area contributed by atoms with Gasteiger partial charge in [-0.2, -0.15) is 0 Å². The van der Waals surface area contributed by atoms with Crippen LogP contribution in [0.25, 0.3) is 0 Å². The lowest BCUT2D eigenvalue weighted by molar-refractivity contribution is -0.116. The fourth-order valence-electron chi connectivity index (χ4n) is 2.02. The molecule has 7 heteroatoms. The van der Waals surface area contributed by atoms with E-state index in [1.165, 1.54) is 12.0 Å². The van der Waals surface area contributed by atoms with Crippen LogP contribution in [0, 0.1) is 0 Å². The highest BCUT2D eigenvalue weighted by Gasteiger charge is 2.20. The maximum atomic E-state index is 12.3. The number of anilines is 1. The molecule has 0 bridgehead atoms. The molecule has 0 spiro atoms. The van der Waals surface area contributed by atoms with Crippen molar-refractivity contribution < 1.29 is 18.7 Å². The van der Waals surface area contributed by atoms with Crippen LogP contribution in [-0.4, -0.2) is 36.9 Å². The number of carbonyl (C=O) groups excluding carboxylic acids is 2. The molecule has 122 valence electrons. The van der Waals surface area contributed by atoms with Gasteiger partial charge in [0, 0.05) is 6.54 Å². The van der Waals surface area contributed by atoms with Gasteiger partial charge in [-0.3, -0.25) is 9.59 Å². The molecule has 0 radical (unpaired) electrons. The zero-order chi connectivity index (χ0) is 16.8. The van der Waals surface area contributed by atoms with Crippen molar-refractivity contribution in [2.24, 2.45) is 0 Å². The Morgan fingerprint density at radius 1 is 1.26 bits per heavy atom. The molecule has 0 saturated heterocycles. The molecule has 0 unspecified atom stereocenters. The third kappa shape index (κ3) is 4.35. The normalized spacial score (nSPS) is 10.2. The number of para-hydroxylation sites is 2. The number of hydrogen-bond donors (Lipinski definition) is 1. The van der Waals surface area contributed by atoms with E-state index in [1.54, 1.807) is 37.3 Å². The van der Waals surface area contributed by atoms with Crippen LogP contribution in [0.5, 0.6) is 5.75 Å². The summed E-state index contributed by atoms with van der Waals surface area (Å²) in [5.74, 6) is 0.0951. The van der Waals surface area contributed by atoms with Crippen LogP contribution in [0.1, 0.15) is 17.5 Å². The number of benzene rings is 1. The molecule has 2 rings (SSSR count). The van der Waals surface area contributed by atoms with Crippen molar-refractivity contribution in [2.45, 2.75) is 6.92 Å². The standard InChI is InChI=1S/C16H17BrN2O4/c1-3-19(16(21)13-8-9-14(17)23-13)10-15(20)18-11-6-4-5-7-12(11)22-2/h4-9H,3,10H2,1-2H3,(H,18,20). The van der Waals surface area contributed by atoms with Gasteiger partial charge in [0.15, 0.2) is 10.4 Å². The second-order valence-electron chi connectivity index (χ2n) is 4.67. The molecule has 2 aromatic rings. The number of halogens is 1. The van der Waals surface area contributed by atoms with Crippen LogP contribution < -0.4 is 10.1 Å². The molecule has 2 amide bonds. The van der Waals surface area contributed by atoms with E-state index in [0.29, 0.717) is 22.7 Å². The SMILES string of the molecule is CCN(CC(=O)Nc1ccccc1OC)C(=O)c1ccc(Br)o1. The van der Waals surface area contributed by atoms with Crippen LogP contribution in [-0.2, 0) is 4.79 Å². The molecule has 0 fully saturated rings. The number of rotatable bonds is 6. The first-order valence-corrected chi connectivity index (χ1v) is 7.82. The quantitative estimate of drug-likeness (QED) is 0.835. The Bertz CT molecular complexity index is 699. The first-order chi connectivity index (χ1) is 11.0. The number of amides is 2. The molecule has 1 N–H and O–H groups in total. The molecular weight excluding hydrogens is 364 g/mol. The van der Waals surface area contributed by atoms with Gasteiger partial charge in [0.2, 0.25) is 5.91 Å². The first kappa shape index (κ1) is 17.1. The van der Waals surface area contributed by atoms with E-state index in [9.17, 15) is 9.59 Å². The van der Waals surface area contributed by atoms with Crippen molar-refractivity contribution in [1.82, 2.24) is 4.90 Å². The monoisotopic (exact) mass is 380 g/mol. The molecule has 1 aromatic heterocycles. The lowest BCUT2D eigenvalue weighted by Crippen LogP contribution is -2.37. The Morgan fingerprint density at radius 3 is 2.61 bits per heavy atom. The van der Waals surface area contributed by atoms with E-state index in [0.717, 1.165) is 0 Å². The molecule has 0 saturated carbocycles. The average molecular weight is 381 g/mol. The van der Waals surface area contributed by atoms with Crippen LogP contribution in [0.2, 0.25) is 0 Å². The first-order valence-electron chi connectivity index (χ1n) is 7.02. The summed E-state index contributed by atoms with van der Waals surface area (Å²) in [5.41, 5.74) is 0.559. The minimum Gasteiger partial charge on any atom is -0.495 e. The van der Waals surface area contributed by atoms with Gasteiger partial charge in [0.05, 0.1) is 12.8 Å². The highest BCUT2D eigenvalue weighted by Crippen LogP contribution is 2.23. The predicted molar refractivity (Wildman–Crippen MR) is 89.6 cm³/mol. The number of likely N-dealkylation sites (N-methyl/N-ethyl adjacent to an activating group) is 1. The third-order valence-corrected chi connectivity index (χ3v) is 3.59. The molecule has 0 aliphatic heterocycles. The number of ether oxygens (including phenoxy) is 1. The highest BCUT2D eigenvalue weighted by molar-refractivity contribution is 9.10. The van der Waals surface area contributed by atoms with Gasteiger partial charge < -0.3 is 19.4 Å². The van der Waals surface area contributed by atoms with Crippen molar-refractivity contribution in [3.8, 4) is 5.75 Å². The molecule has 0 aliphatic rings. The smallest absolute Gasteiger partial charge is 0.290 e. The number of nitrogens with zero attached hydrogens (tertiary/aromatic N) is 1. The van der Waals surface area contributed by atoms with Gasteiger partial charge in [0.1, 0.15) is 12.3 Å². The van der Waals surface area contributed by atoms with Crippen LogP contribution in [0.3, 0.4) is 0 Å². The molecule has 0 aliphatic carbocycles. The summed E-state index contributed by atoms with van der Waals surface area (Å²) in [6.45, 7) is 2.11. The largest absolute Gasteiger partial charge is 0.495 e. The number of furan rings is 1. The third-order valence-electron chi connectivity index (χ3n) is 3.17. The summed E-state index contributed by atoms with van der Waals surface area (Å²) in [7, 11) is 1.53. The Balaban J connectivity index is 2.03.